The predicted octanol–water partition coefficient (Wildman–Crippen LogP) is 3.03. The molecule has 4 rings (SSSR count). The van der Waals surface area contributed by atoms with E-state index in [0.717, 1.165) is 17.7 Å². The van der Waals surface area contributed by atoms with E-state index in [0.29, 0.717) is 29.9 Å². The summed E-state index contributed by atoms with van der Waals surface area (Å²) in [6.45, 7) is 4.65. The Bertz CT molecular complexity index is 961. The highest BCUT2D eigenvalue weighted by molar-refractivity contribution is 5.80. The highest BCUT2D eigenvalue weighted by Crippen LogP contribution is 2.39. The number of fused-ring (bicyclic) bond motifs is 1. The van der Waals surface area contributed by atoms with Crippen LogP contribution in [0.1, 0.15) is 37.7 Å². The molecule has 1 aliphatic rings. The van der Waals surface area contributed by atoms with Gasteiger partial charge in [-0.15, -0.1) is 5.10 Å². The van der Waals surface area contributed by atoms with E-state index in [1.807, 2.05) is 30.3 Å². The molecule has 1 aliphatic heterocycles. The standard InChI is InChI=1S/C20H24N6O2/c1-20(2)11-14(13-7-4-5-8-15(13)28-20)23-19(21-3)22-12-17-24-18(26-25-17)16-9-6-10-27-16/h4-10,14H,11-12H2,1-3H3,(H2,21,22,23)(H,24,25,26). The average molecular weight is 380 g/mol. The fourth-order valence-corrected chi connectivity index (χ4v) is 3.35. The molecule has 0 spiro atoms. The molecule has 0 aliphatic carbocycles. The fourth-order valence-electron chi connectivity index (χ4n) is 3.35. The number of rotatable bonds is 4. The first-order valence-corrected chi connectivity index (χ1v) is 9.24. The summed E-state index contributed by atoms with van der Waals surface area (Å²) in [5, 5.41) is 13.9. The lowest BCUT2D eigenvalue weighted by atomic mass is 9.90. The van der Waals surface area contributed by atoms with Crippen molar-refractivity contribution in [1.29, 1.82) is 0 Å². The van der Waals surface area contributed by atoms with E-state index < -0.39 is 0 Å². The summed E-state index contributed by atoms with van der Waals surface area (Å²) in [4.78, 5) is 8.79. The van der Waals surface area contributed by atoms with Crippen molar-refractivity contribution in [3.8, 4) is 17.3 Å². The largest absolute Gasteiger partial charge is 0.487 e. The molecule has 146 valence electrons. The van der Waals surface area contributed by atoms with Gasteiger partial charge in [-0.1, -0.05) is 18.2 Å². The lowest BCUT2D eigenvalue weighted by Crippen LogP contribution is -2.45. The molecule has 0 saturated carbocycles. The first kappa shape index (κ1) is 18.1. The van der Waals surface area contributed by atoms with E-state index in [1.54, 1.807) is 13.3 Å². The van der Waals surface area contributed by atoms with Crippen LogP contribution in [0.15, 0.2) is 52.1 Å². The Labute approximate surface area is 163 Å². The molecular weight excluding hydrogens is 356 g/mol. The Morgan fingerprint density at radius 2 is 2.14 bits per heavy atom. The molecule has 1 atom stereocenters. The zero-order chi connectivity index (χ0) is 19.6. The summed E-state index contributed by atoms with van der Waals surface area (Å²) in [6.07, 6.45) is 2.43. The monoisotopic (exact) mass is 380 g/mol. The Balaban J connectivity index is 1.43. The number of H-pyrrole nitrogens is 1. The van der Waals surface area contributed by atoms with Gasteiger partial charge in [0, 0.05) is 19.0 Å². The number of aromatic amines is 1. The van der Waals surface area contributed by atoms with Crippen LogP contribution in [-0.4, -0.2) is 33.8 Å². The number of para-hydroxylation sites is 1. The third kappa shape index (κ3) is 3.85. The molecule has 0 radical (unpaired) electrons. The molecule has 28 heavy (non-hydrogen) atoms. The second kappa shape index (κ2) is 7.38. The Morgan fingerprint density at radius 3 is 2.93 bits per heavy atom. The number of guanidine groups is 1. The maximum atomic E-state index is 6.10. The Kier molecular flexibility index (Phi) is 4.77. The van der Waals surface area contributed by atoms with Crippen molar-refractivity contribution in [3.05, 3.63) is 54.0 Å². The van der Waals surface area contributed by atoms with E-state index in [1.165, 1.54) is 0 Å². The summed E-state index contributed by atoms with van der Waals surface area (Å²) in [6, 6.07) is 11.8. The van der Waals surface area contributed by atoms with Crippen molar-refractivity contribution in [2.24, 2.45) is 4.99 Å². The maximum absolute atomic E-state index is 6.10. The number of ether oxygens (including phenoxy) is 1. The van der Waals surface area contributed by atoms with Gasteiger partial charge in [0.2, 0.25) is 5.82 Å². The van der Waals surface area contributed by atoms with Crippen LogP contribution in [0.3, 0.4) is 0 Å². The van der Waals surface area contributed by atoms with Crippen molar-refractivity contribution >= 4 is 5.96 Å². The van der Waals surface area contributed by atoms with Crippen LogP contribution in [0, 0.1) is 0 Å². The topological polar surface area (TPSA) is 100 Å². The molecule has 0 bridgehead atoms. The number of benzene rings is 1. The van der Waals surface area contributed by atoms with Crippen molar-refractivity contribution in [2.75, 3.05) is 7.05 Å². The fraction of sp³-hybridized carbons (Fsp3) is 0.350. The summed E-state index contributed by atoms with van der Waals surface area (Å²) in [5.41, 5.74) is 0.873. The number of furan rings is 1. The molecular formula is C20H24N6O2. The average Bonchev–Trinajstić information content (AvgIpc) is 3.35. The Hall–Kier alpha value is -3.29. The predicted molar refractivity (Wildman–Crippen MR) is 106 cm³/mol. The minimum atomic E-state index is -0.256. The van der Waals surface area contributed by atoms with Crippen molar-refractivity contribution in [2.45, 2.75) is 38.5 Å². The van der Waals surface area contributed by atoms with Crippen molar-refractivity contribution < 1.29 is 9.15 Å². The third-order valence-corrected chi connectivity index (χ3v) is 4.61. The van der Waals surface area contributed by atoms with Gasteiger partial charge in [-0.25, -0.2) is 4.98 Å². The van der Waals surface area contributed by atoms with Crippen LogP contribution < -0.4 is 15.4 Å². The zero-order valence-corrected chi connectivity index (χ0v) is 16.2. The molecule has 2 aromatic heterocycles. The quantitative estimate of drug-likeness (QED) is 0.475. The number of aromatic nitrogens is 3. The minimum absolute atomic E-state index is 0.0968. The van der Waals surface area contributed by atoms with Gasteiger partial charge in [-0.2, -0.15) is 0 Å². The summed E-state index contributed by atoms with van der Waals surface area (Å²) >= 11 is 0. The SMILES string of the molecule is CN=C(NCc1nc(-c2ccco2)n[nH]1)NC1CC(C)(C)Oc2ccccc21. The van der Waals surface area contributed by atoms with Gasteiger partial charge in [0.1, 0.15) is 17.2 Å². The molecule has 3 aromatic rings. The number of hydrogen-bond donors (Lipinski definition) is 3. The van der Waals surface area contributed by atoms with E-state index in [9.17, 15) is 0 Å². The van der Waals surface area contributed by atoms with Crippen molar-refractivity contribution in [3.63, 3.8) is 0 Å². The van der Waals surface area contributed by atoms with E-state index in [2.05, 4.69) is 50.7 Å². The molecule has 8 nitrogen and oxygen atoms in total. The smallest absolute Gasteiger partial charge is 0.216 e. The van der Waals surface area contributed by atoms with Gasteiger partial charge in [0.25, 0.3) is 0 Å². The molecule has 3 N–H and O–H groups in total. The second-order valence-corrected chi connectivity index (χ2v) is 7.31. The molecule has 0 amide bonds. The zero-order valence-electron chi connectivity index (χ0n) is 16.2. The van der Waals surface area contributed by atoms with Gasteiger partial charge in [0.05, 0.1) is 18.8 Å². The minimum Gasteiger partial charge on any atom is -0.487 e. The summed E-state index contributed by atoms with van der Waals surface area (Å²) in [5.74, 6) is 3.46. The Morgan fingerprint density at radius 1 is 1.29 bits per heavy atom. The van der Waals surface area contributed by atoms with E-state index in [-0.39, 0.29) is 11.6 Å². The first-order valence-electron chi connectivity index (χ1n) is 9.24. The molecule has 0 fully saturated rings. The van der Waals surface area contributed by atoms with Crippen LogP contribution in [-0.2, 0) is 6.54 Å². The van der Waals surface area contributed by atoms with Gasteiger partial charge >= 0.3 is 0 Å². The summed E-state index contributed by atoms with van der Waals surface area (Å²) < 4.78 is 11.4. The van der Waals surface area contributed by atoms with Crippen LogP contribution >= 0.6 is 0 Å². The first-order chi connectivity index (χ1) is 13.5. The lowest BCUT2D eigenvalue weighted by molar-refractivity contribution is 0.0694. The molecule has 3 heterocycles. The number of hydrogen-bond acceptors (Lipinski definition) is 5. The molecule has 0 saturated heterocycles. The van der Waals surface area contributed by atoms with Crippen LogP contribution in [0.5, 0.6) is 5.75 Å². The highest BCUT2D eigenvalue weighted by atomic mass is 16.5. The second-order valence-electron chi connectivity index (χ2n) is 7.31. The van der Waals surface area contributed by atoms with Crippen molar-refractivity contribution in [1.82, 2.24) is 25.8 Å². The third-order valence-electron chi connectivity index (χ3n) is 4.61. The highest BCUT2D eigenvalue weighted by Gasteiger charge is 2.33. The lowest BCUT2D eigenvalue weighted by Gasteiger charge is -2.38. The van der Waals surface area contributed by atoms with Crippen LogP contribution in [0.2, 0.25) is 0 Å². The normalized spacial score (nSPS) is 18.2. The van der Waals surface area contributed by atoms with E-state index >= 15 is 0 Å². The van der Waals surface area contributed by atoms with Gasteiger partial charge in [-0.3, -0.25) is 10.1 Å². The van der Waals surface area contributed by atoms with Crippen LogP contribution in [0.25, 0.3) is 11.6 Å². The molecule has 1 aromatic carbocycles. The van der Waals surface area contributed by atoms with E-state index in [4.69, 9.17) is 9.15 Å². The maximum Gasteiger partial charge on any atom is 0.216 e. The summed E-state index contributed by atoms with van der Waals surface area (Å²) in [7, 11) is 1.75. The number of aliphatic imine (C=N–C) groups is 1. The van der Waals surface area contributed by atoms with Gasteiger partial charge in [0.15, 0.2) is 11.7 Å². The van der Waals surface area contributed by atoms with Gasteiger partial charge < -0.3 is 19.8 Å². The number of nitrogens with one attached hydrogen (secondary N) is 3. The molecule has 8 heteroatoms. The molecule has 1 unspecified atom stereocenters. The van der Waals surface area contributed by atoms with Gasteiger partial charge in [-0.05, 0) is 32.0 Å². The number of nitrogens with zero attached hydrogens (tertiary/aromatic N) is 3. The van der Waals surface area contributed by atoms with Crippen LogP contribution in [0.4, 0.5) is 0 Å².